The van der Waals surface area contributed by atoms with Gasteiger partial charge in [-0.15, -0.1) is 0 Å². The van der Waals surface area contributed by atoms with Gasteiger partial charge in [-0.05, 0) is 91.3 Å². The minimum Gasteiger partial charge on any atom is -0.0599 e. The SMILES string of the molecule is CC1(C)CCC(C2CC(C)(C)CC2C2CCC(C)(C)C2)C1. The molecule has 3 fully saturated rings. The Hall–Kier alpha value is 0. The van der Waals surface area contributed by atoms with Gasteiger partial charge in [-0.3, -0.25) is 0 Å². The second-order valence-corrected chi connectivity index (χ2v) is 11.2. The van der Waals surface area contributed by atoms with E-state index in [0.29, 0.717) is 16.2 Å². The fourth-order valence-electron chi connectivity index (χ4n) is 6.41. The highest BCUT2D eigenvalue weighted by Crippen LogP contribution is 2.59. The quantitative estimate of drug-likeness (QED) is 0.531. The van der Waals surface area contributed by atoms with Crippen LogP contribution in [-0.4, -0.2) is 0 Å². The van der Waals surface area contributed by atoms with Gasteiger partial charge >= 0.3 is 0 Å². The fourth-order valence-corrected chi connectivity index (χ4v) is 6.41. The van der Waals surface area contributed by atoms with Gasteiger partial charge in [-0.25, -0.2) is 0 Å². The van der Waals surface area contributed by atoms with Crippen LogP contribution < -0.4 is 0 Å². The standard InChI is InChI=1S/C21H38/c1-19(2)9-7-15(11-19)17-13-21(5,6)14-18(17)16-8-10-20(3,4)12-16/h15-18H,7-14H2,1-6H3. The Morgan fingerprint density at radius 2 is 0.905 bits per heavy atom. The van der Waals surface area contributed by atoms with E-state index in [1.807, 2.05) is 0 Å². The maximum atomic E-state index is 2.54. The smallest absolute Gasteiger partial charge is 0.0349 e. The van der Waals surface area contributed by atoms with Crippen molar-refractivity contribution in [2.75, 3.05) is 0 Å². The first kappa shape index (κ1) is 15.9. The molecule has 0 bridgehead atoms. The molecule has 3 aliphatic carbocycles. The molecule has 4 unspecified atom stereocenters. The van der Waals surface area contributed by atoms with Crippen LogP contribution in [0.5, 0.6) is 0 Å². The number of hydrogen-bond donors (Lipinski definition) is 0. The molecule has 0 amide bonds. The van der Waals surface area contributed by atoms with E-state index in [-0.39, 0.29) is 0 Å². The van der Waals surface area contributed by atoms with Crippen molar-refractivity contribution in [2.24, 2.45) is 39.9 Å². The summed E-state index contributed by atoms with van der Waals surface area (Å²) in [4.78, 5) is 0. The molecule has 4 atom stereocenters. The van der Waals surface area contributed by atoms with Gasteiger partial charge in [0.25, 0.3) is 0 Å². The highest BCUT2D eigenvalue weighted by molar-refractivity contribution is 5.00. The molecule has 3 rings (SSSR count). The van der Waals surface area contributed by atoms with E-state index in [2.05, 4.69) is 41.5 Å². The zero-order valence-electron chi connectivity index (χ0n) is 15.5. The van der Waals surface area contributed by atoms with Crippen molar-refractivity contribution >= 4 is 0 Å². The molecule has 122 valence electrons. The lowest BCUT2D eigenvalue weighted by Gasteiger charge is -2.31. The third-order valence-electron chi connectivity index (χ3n) is 7.35. The van der Waals surface area contributed by atoms with Gasteiger partial charge in [0.15, 0.2) is 0 Å². The number of rotatable bonds is 2. The molecule has 0 N–H and O–H groups in total. The molecule has 0 radical (unpaired) electrons. The van der Waals surface area contributed by atoms with E-state index >= 15 is 0 Å². The third kappa shape index (κ3) is 3.35. The van der Waals surface area contributed by atoms with Gasteiger partial charge in [0.1, 0.15) is 0 Å². The van der Waals surface area contributed by atoms with E-state index in [1.54, 1.807) is 0 Å². The molecule has 0 aliphatic heterocycles. The van der Waals surface area contributed by atoms with Gasteiger partial charge in [0.05, 0.1) is 0 Å². The Morgan fingerprint density at radius 3 is 1.19 bits per heavy atom. The van der Waals surface area contributed by atoms with E-state index in [1.165, 1.54) is 51.4 Å². The summed E-state index contributed by atoms with van der Waals surface area (Å²) in [5, 5.41) is 0. The summed E-state index contributed by atoms with van der Waals surface area (Å²) in [5.41, 5.74) is 1.85. The lowest BCUT2D eigenvalue weighted by molar-refractivity contribution is 0.177. The summed E-state index contributed by atoms with van der Waals surface area (Å²) in [5.74, 6) is 4.16. The van der Waals surface area contributed by atoms with Gasteiger partial charge < -0.3 is 0 Å². The third-order valence-corrected chi connectivity index (χ3v) is 7.35. The molecule has 0 aromatic rings. The summed E-state index contributed by atoms with van der Waals surface area (Å²) < 4.78 is 0. The van der Waals surface area contributed by atoms with Crippen molar-refractivity contribution in [1.29, 1.82) is 0 Å². The molecule has 0 saturated heterocycles. The molecular weight excluding hydrogens is 252 g/mol. The Bertz CT molecular complexity index is 351. The fraction of sp³-hybridized carbons (Fsp3) is 1.00. The molecule has 21 heavy (non-hydrogen) atoms. The van der Waals surface area contributed by atoms with E-state index in [4.69, 9.17) is 0 Å². The van der Waals surface area contributed by atoms with Gasteiger partial charge in [-0.2, -0.15) is 0 Å². The molecule has 0 heterocycles. The summed E-state index contributed by atoms with van der Waals surface area (Å²) in [6.07, 6.45) is 12.0. The van der Waals surface area contributed by atoms with Crippen LogP contribution >= 0.6 is 0 Å². The van der Waals surface area contributed by atoms with Crippen LogP contribution in [0.2, 0.25) is 0 Å². The van der Waals surface area contributed by atoms with Crippen molar-refractivity contribution in [2.45, 2.75) is 92.9 Å². The van der Waals surface area contributed by atoms with Crippen molar-refractivity contribution in [3.63, 3.8) is 0 Å². The number of hydrogen-bond acceptors (Lipinski definition) is 0. The average Bonchev–Trinajstić information content (AvgIpc) is 2.94. The lowest BCUT2D eigenvalue weighted by Crippen LogP contribution is -2.24. The van der Waals surface area contributed by atoms with Crippen LogP contribution in [0.25, 0.3) is 0 Å². The van der Waals surface area contributed by atoms with Crippen LogP contribution in [0.3, 0.4) is 0 Å². The van der Waals surface area contributed by atoms with Gasteiger partial charge in [-0.1, -0.05) is 41.5 Å². The molecular formula is C21H38. The predicted octanol–water partition coefficient (Wildman–Crippen LogP) is 6.69. The average molecular weight is 291 g/mol. The Balaban J connectivity index is 1.75. The van der Waals surface area contributed by atoms with Crippen LogP contribution in [0.15, 0.2) is 0 Å². The predicted molar refractivity (Wildman–Crippen MR) is 92.2 cm³/mol. The first-order valence-electron chi connectivity index (χ1n) is 9.57. The molecule has 0 aromatic carbocycles. The van der Waals surface area contributed by atoms with Crippen molar-refractivity contribution in [3.05, 3.63) is 0 Å². The molecule has 0 heteroatoms. The molecule has 0 aromatic heterocycles. The van der Waals surface area contributed by atoms with E-state index < -0.39 is 0 Å². The first-order chi connectivity index (χ1) is 9.57. The summed E-state index contributed by atoms with van der Waals surface area (Å²) in [6, 6.07) is 0. The molecule has 3 aliphatic rings. The summed E-state index contributed by atoms with van der Waals surface area (Å²) >= 11 is 0. The molecule has 3 saturated carbocycles. The van der Waals surface area contributed by atoms with Crippen LogP contribution in [0, 0.1) is 39.9 Å². The Kier molecular flexibility index (Phi) is 3.78. The van der Waals surface area contributed by atoms with E-state index in [9.17, 15) is 0 Å². The van der Waals surface area contributed by atoms with Crippen LogP contribution in [-0.2, 0) is 0 Å². The summed E-state index contributed by atoms with van der Waals surface area (Å²) in [7, 11) is 0. The topological polar surface area (TPSA) is 0 Å². The Labute approximate surface area is 133 Å². The zero-order chi connectivity index (χ0) is 15.5. The van der Waals surface area contributed by atoms with Crippen LogP contribution in [0.1, 0.15) is 92.9 Å². The second-order valence-electron chi connectivity index (χ2n) is 11.2. The first-order valence-corrected chi connectivity index (χ1v) is 9.57. The van der Waals surface area contributed by atoms with Crippen molar-refractivity contribution in [3.8, 4) is 0 Å². The van der Waals surface area contributed by atoms with Crippen LogP contribution in [0.4, 0.5) is 0 Å². The second kappa shape index (κ2) is 5.00. The summed E-state index contributed by atoms with van der Waals surface area (Å²) in [6.45, 7) is 15.1. The van der Waals surface area contributed by atoms with Crippen molar-refractivity contribution < 1.29 is 0 Å². The normalized spacial score (nSPS) is 44.3. The zero-order valence-corrected chi connectivity index (χ0v) is 15.5. The minimum atomic E-state index is 0.606. The lowest BCUT2D eigenvalue weighted by atomic mass is 9.74. The highest BCUT2D eigenvalue weighted by Gasteiger charge is 2.50. The van der Waals surface area contributed by atoms with Gasteiger partial charge in [0.2, 0.25) is 0 Å². The Morgan fingerprint density at radius 1 is 0.524 bits per heavy atom. The minimum absolute atomic E-state index is 0.606. The molecule has 0 spiro atoms. The molecule has 0 nitrogen and oxygen atoms in total. The maximum Gasteiger partial charge on any atom is -0.0349 e. The van der Waals surface area contributed by atoms with E-state index in [0.717, 1.165) is 23.7 Å². The highest BCUT2D eigenvalue weighted by atomic mass is 14.5. The van der Waals surface area contributed by atoms with Gasteiger partial charge in [0, 0.05) is 0 Å². The van der Waals surface area contributed by atoms with Crippen molar-refractivity contribution in [1.82, 2.24) is 0 Å². The maximum absolute atomic E-state index is 2.54. The largest absolute Gasteiger partial charge is 0.0599 e. The monoisotopic (exact) mass is 290 g/mol.